The molecule has 3 aromatic rings. The van der Waals surface area contributed by atoms with E-state index in [-0.39, 0.29) is 17.3 Å². The zero-order valence-corrected chi connectivity index (χ0v) is 15.6. The molecule has 1 aromatic carbocycles. The van der Waals surface area contributed by atoms with Crippen LogP contribution in [0, 0.1) is 0 Å². The molecule has 1 N–H and O–H groups in total. The summed E-state index contributed by atoms with van der Waals surface area (Å²) in [4.78, 5) is 20.3. The quantitative estimate of drug-likeness (QED) is 0.609. The van der Waals surface area contributed by atoms with Gasteiger partial charge in [0.05, 0.1) is 12.7 Å². The van der Waals surface area contributed by atoms with Crippen LogP contribution in [0.3, 0.4) is 0 Å². The van der Waals surface area contributed by atoms with Crippen molar-refractivity contribution in [2.24, 2.45) is 0 Å². The second-order valence-corrected chi connectivity index (χ2v) is 5.88. The molecular weight excluding hydrogens is 403 g/mol. The first-order chi connectivity index (χ1) is 14.3. The number of anilines is 1. The number of pyridine rings is 2. The molecule has 30 heavy (non-hydrogen) atoms. The maximum atomic E-state index is 12.5. The van der Waals surface area contributed by atoms with Gasteiger partial charge in [0.1, 0.15) is 17.2 Å². The first-order valence-corrected chi connectivity index (χ1v) is 8.58. The van der Waals surface area contributed by atoms with E-state index in [0.717, 1.165) is 6.20 Å². The van der Waals surface area contributed by atoms with E-state index in [9.17, 15) is 18.0 Å². The Labute approximate surface area is 169 Å². The zero-order chi connectivity index (χ0) is 21.6. The van der Waals surface area contributed by atoms with Gasteiger partial charge in [-0.05, 0) is 42.5 Å². The van der Waals surface area contributed by atoms with Gasteiger partial charge in [-0.15, -0.1) is 0 Å². The minimum atomic E-state index is -4.47. The Bertz CT molecular complexity index is 993. The van der Waals surface area contributed by atoms with E-state index in [1.54, 1.807) is 43.5 Å². The lowest BCUT2D eigenvalue weighted by Crippen LogP contribution is -2.19. The standard InChI is InChI=1S/C20H16F3N3O4/c1-28-14-5-7-15(8-6-14)30-19-16(3-2-10-24-19)26-18(27)13-4-9-17(25-11-13)29-12-20(21,22)23/h2-11H,12H2,1H3,(H,26,27). The zero-order valence-electron chi connectivity index (χ0n) is 15.6. The van der Waals surface area contributed by atoms with Crippen molar-refractivity contribution >= 4 is 11.6 Å². The summed E-state index contributed by atoms with van der Waals surface area (Å²) in [6, 6.07) is 12.5. The maximum absolute atomic E-state index is 12.5. The second kappa shape index (κ2) is 9.12. The van der Waals surface area contributed by atoms with Crippen molar-refractivity contribution in [3.05, 3.63) is 66.5 Å². The fraction of sp³-hybridized carbons (Fsp3) is 0.150. The minimum absolute atomic E-state index is 0.119. The molecular formula is C20H16F3N3O4. The number of carbonyl (C=O) groups excluding carboxylic acids is 1. The Morgan fingerprint density at radius 2 is 1.77 bits per heavy atom. The fourth-order valence-electron chi connectivity index (χ4n) is 2.27. The summed E-state index contributed by atoms with van der Waals surface area (Å²) in [5.74, 6) is 0.519. The predicted octanol–water partition coefficient (Wildman–Crippen LogP) is 4.47. The van der Waals surface area contributed by atoms with Crippen molar-refractivity contribution in [1.29, 1.82) is 0 Å². The number of hydrogen-bond acceptors (Lipinski definition) is 6. The van der Waals surface area contributed by atoms with E-state index >= 15 is 0 Å². The van der Waals surface area contributed by atoms with E-state index in [1.807, 2.05) is 0 Å². The van der Waals surface area contributed by atoms with Crippen LogP contribution in [-0.4, -0.2) is 35.8 Å². The highest BCUT2D eigenvalue weighted by atomic mass is 19.4. The number of amides is 1. The molecule has 156 valence electrons. The molecule has 0 spiro atoms. The number of methoxy groups -OCH3 is 1. The minimum Gasteiger partial charge on any atom is -0.497 e. The Balaban J connectivity index is 1.68. The number of hydrogen-bond donors (Lipinski definition) is 1. The van der Waals surface area contributed by atoms with Gasteiger partial charge in [-0.25, -0.2) is 9.97 Å². The van der Waals surface area contributed by atoms with Gasteiger partial charge in [-0.2, -0.15) is 13.2 Å². The smallest absolute Gasteiger partial charge is 0.422 e. The molecule has 0 fully saturated rings. The third kappa shape index (κ3) is 5.84. The molecule has 0 aliphatic heterocycles. The van der Waals surface area contributed by atoms with Crippen molar-refractivity contribution in [1.82, 2.24) is 9.97 Å². The Hall–Kier alpha value is -3.82. The van der Waals surface area contributed by atoms with Gasteiger partial charge in [0.15, 0.2) is 6.61 Å². The maximum Gasteiger partial charge on any atom is 0.422 e. The van der Waals surface area contributed by atoms with E-state index in [2.05, 4.69) is 20.0 Å². The van der Waals surface area contributed by atoms with Gasteiger partial charge in [-0.1, -0.05) is 0 Å². The molecule has 1 amide bonds. The molecule has 0 aliphatic carbocycles. The first-order valence-electron chi connectivity index (χ1n) is 8.58. The number of benzene rings is 1. The highest BCUT2D eigenvalue weighted by Gasteiger charge is 2.28. The third-order valence-electron chi connectivity index (χ3n) is 3.68. The van der Waals surface area contributed by atoms with Crippen molar-refractivity contribution in [2.75, 3.05) is 19.0 Å². The summed E-state index contributed by atoms with van der Waals surface area (Å²) < 4.78 is 51.9. The Kier molecular flexibility index (Phi) is 6.35. The number of ether oxygens (including phenoxy) is 3. The molecule has 10 heteroatoms. The molecule has 3 rings (SSSR count). The number of aromatic nitrogens is 2. The number of halogens is 3. The topological polar surface area (TPSA) is 82.6 Å². The number of alkyl halides is 3. The highest BCUT2D eigenvalue weighted by Crippen LogP contribution is 2.28. The van der Waals surface area contributed by atoms with E-state index < -0.39 is 18.7 Å². The average molecular weight is 419 g/mol. The van der Waals surface area contributed by atoms with Crippen molar-refractivity contribution in [3.63, 3.8) is 0 Å². The SMILES string of the molecule is COc1ccc(Oc2ncccc2NC(=O)c2ccc(OCC(F)(F)F)nc2)cc1. The summed E-state index contributed by atoms with van der Waals surface area (Å²) in [6.07, 6.45) is -1.86. The van der Waals surface area contributed by atoms with Gasteiger partial charge in [0.2, 0.25) is 11.8 Å². The molecule has 0 atom stereocenters. The van der Waals surface area contributed by atoms with Crippen LogP contribution < -0.4 is 19.5 Å². The fourth-order valence-corrected chi connectivity index (χ4v) is 2.27. The summed E-state index contributed by atoms with van der Waals surface area (Å²) in [6.45, 7) is -1.46. The van der Waals surface area contributed by atoms with Crippen LogP contribution in [0.15, 0.2) is 60.9 Å². The van der Waals surface area contributed by atoms with Gasteiger partial charge in [0.25, 0.3) is 5.91 Å². The molecule has 7 nitrogen and oxygen atoms in total. The van der Waals surface area contributed by atoms with Crippen LogP contribution in [0.5, 0.6) is 23.3 Å². The van der Waals surface area contributed by atoms with Crippen molar-refractivity contribution in [2.45, 2.75) is 6.18 Å². The van der Waals surface area contributed by atoms with Gasteiger partial charge in [-0.3, -0.25) is 4.79 Å². The van der Waals surface area contributed by atoms with Gasteiger partial charge in [0, 0.05) is 18.5 Å². The molecule has 0 radical (unpaired) electrons. The lowest BCUT2D eigenvalue weighted by molar-refractivity contribution is -0.154. The van der Waals surface area contributed by atoms with Crippen LogP contribution in [0.25, 0.3) is 0 Å². The second-order valence-electron chi connectivity index (χ2n) is 5.88. The number of nitrogens with zero attached hydrogens (tertiary/aromatic N) is 2. The monoisotopic (exact) mass is 419 g/mol. The molecule has 0 aliphatic rings. The Morgan fingerprint density at radius 1 is 1.03 bits per heavy atom. The predicted molar refractivity (Wildman–Crippen MR) is 101 cm³/mol. The summed E-state index contributed by atoms with van der Waals surface area (Å²) in [5, 5.41) is 2.63. The van der Waals surface area contributed by atoms with Crippen LogP contribution in [0.2, 0.25) is 0 Å². The first kappa shape index (κ1) is 20.9. The average Bonchev–Trinajstić information content (AvgIpc) is 2.74. The van der Waals surface area contributed by atoms with Gasteiger partial charge >= 0.3 is 6.18 Å². The summed E-state index contributed by atoms with van der Waals surface area (Å²) in [7, 11) is 1.55. The number of carbonyl (C=O) groups is 1. The van der Waals surface area contributed by atoms with Crippen LogP contribution in [0.1, 0.15) is 10.4 Å². The summed E-state index contributed by atoms with van der Waals surface area (Å²) >= 11 is 0. The Morgan fingerprint density at radius 3 is 2.40 bits per heavy atom. The molecule has 2 aromatic heterocycles. The number of rotatable bonds is 7. The number of nitrogens with one attached hydrogen (secondary N) is 1. The third-order valence-corrected chi connectivity index (χ3v) is 3.68. The molecule has 0 saturated heterocycles. The van der Waals surface area contributed by atoms with Crippen molar-refractivity contribution < 1.29 is 32.2 Å². The largest absolute Gasteiger partial charge is 0.497 e. The van der Waals surface area contributed by atoms with E-state index in [1.165, 1.54) is 18.3 Å². The molecule has 0 unspecified atom stereocenters. The van der Waals surface area contributed by atoms with E-state index in [0.29, 0.717) is 17.2 Å². The lowest BCUT2D eigenvalue weighted by Gasteiger charge is -2.12. The molecule has 0 saturated carbocycles. The lowest BCUT2D eigenvalue weighted by atomic mass is 10.2. The van der Waals surface area contributed by atoms with Crippen LogP contribution in [0.4, 0.5) is 18.9 Å². The normalized spacial score (nSPS) is 10.9. The van der Waals surface area contributed by atoms with Crippen LogP contribution in [-0.2, 0) is 0 Å². The molecule has 0 bridgehead atoms. The highest BCUT2D eigenvalue weighted by molar-refractivity contribution is 6.04. The summed E-state index contributed by atoms with van der Waals surface area (Å²) in [5.41, 5.74) is 0.421. The molecule has 2 heterocycles. The van der Waals surface area contributed by atoms with Gasteiger partial charge < -0.3 is 19.5 Å². The van der Waals surface area contributed by atoms with Crippen LogP contribution >= 0.6 is 0 Å². The van der Waals surface area contributed by atoms with Crippen molar-refractivity contribution in [3.8, 4) is 23.3 Å². The van der Waals surface area contributed by atoms with E-state index in [4.69, 9.17) is 9.47 Å².